The lowest BCUT2D eigenvalue weighted by Gasteiger charge is -2.13. The number of hydrogen-bond donors (Lipinski definition) is 2. The van der Waals surface area contributed by atoms with Crippen molar-refractivity contribution in [3.63, 3.8) is 0 Å². The highest BCUT2D eigenvalue weighted by atomic mass is 32.2. The smallest absolute Gasteiger partial charge is 0.341 e. The third-order valence-corrected chi connectivity index (χ3v) is 5.45. The number of hydrogen-bond acceptors (Lipinski definition) is 5. The van der Waals surface area contributed by atoms with Gasteiger partial charge in [0.1, 0.15) is 18.1 Å². The standard InChI is InChI=1S/C23H24O5S/c24-18(14-27-19-7-2-1-3-8-19)16-29-13-12-17-6-4-10-21-20(17)9-5-11-22(21)28-15-23(25)26/h1-11,18,24H,12-16H2,(H,25,26)/t18-/m0/s1. The Bertz CT molecular complexity index is 929. The Balaban J connectivity index is 1.50. The Labute approximate surface area is 174 Å². The fourth-order valence-corrected chi connectivity index (χ4v) is 3.89. The van der Waals surface area contributed by atoms with E-state index in [0.29, 0.717) is 11.5 Å². The van der Waals surface area contributed by atoms with E-state index >= 15 is 0 Å². The van der Waals surface area contributed by atoms with E-state index in [1.54, 1.807) is 17.8 Å². The van der Waals surface area contributed by atoms with Gasteiger partial charge in [0.05, 0.1) is 6.10 Å². The molecule has 0 aliphatic rings. The van der Waals surface area contributed by atoms with Gasteiger partial charge in [-0.25, -0.2) is 4.79 Å². The van der Waals surface area contributed by atoms with Crippen LogP contribution in [0.3, 0.4) is 0 Å². The maximum absolute atomic E-state index is 10.8. The van der Waals surface area contributed by atoms with E-state index in [1.807, 2.05) is 54.6 Å². The van der Waals surface area contributed by atoms with E-state index in [4.69, 9.17) is 14.6 Å². The molecule has 29 heavy (non-hydrogen) atoms. The summed E-state index contributed by atoms with van der Waals surface area (Å²) in [6.07, 6.45) is 0.320. The summed E-state index contributed by atoms with van der Waals surface area (Å²) in [5.74, 6) is 1.80. The third kappa shape index (κ3) is 6.41. The molecule has 3 rings (SSSR count). The first kappa shape index (κ1) is 21.0. The lowest BCUT2D eigenvalue weighted by Crippen LogP contribution is -2.20. The molecule has 0 bridgehead atoms. The fourth-order valence-electron chi connectivity index (χ4n) is 2.99. The minimum Gasteiger partial charge on any atom is -0.491 e. The van der Waals surface area contributed by atoms with Crippen molar-refractivity contribution in [3.05, 3.63) is 72.3 Å². The zero-order valence-corrected chi connectivity index (χ0v) is 16.8. The van der Waals surface area contributed by atoms with Crippen LogP contribution in [0.1, 0.15) is 5.56 Å². The van der Waals surface area contributed by atoms with E-state index in [9.17, 15) is 9.90 Å². The Morgan fingerprint density at radius 1 is 0.931 bits per heavy atom. The zero-order chi connectivity index (χ0) is 20.5. The Kier molecular flexibility index (Phi) is 7.78. The highest BCUT2D eigenvalue weighted by Crippen LogP contribution is 2.28. The minimum atomic E-state index is -0.996. The van der Waals surface area contributed by atoms with Crippen LogP contribution in [-0.4, -0.2) is 47.0 Å². The van der Waals surface area contributed by atoms with Crippen molar-refractivity contribution in [2.24, 2.45) is 0 Å². The van der Waals surface area contributed by atoms with Crippen LogP contribution in [0, 0.1) is 0 Å². The largest absolute Gasteiger partial charge is 0.491 e. The normalized spacial score (nSPS) is 11.9. The lowest BCUT2D eigenvalue weighted by molar-refractivity contribution is -0.139. The second-order valence-electron chi connectivity index (χ2n) is 6.55. The number of carboxylic acids is 1. The van der Waals surface area contributed by atoms with Crippen LogP contribution >= 0.6 is 11.8 Å². The van der Waals surface area contributed by atoms with Gasteiger partial charge in [-0.1, -0.05) is 48.5 Å². The molecule has 3 aromatic carbocycles. The summed E-state index contributed by atoms with van der Waals surface area (Å²) >= 11 is 1.68. The molecule has 0 radical (unpaired) electrons. The molecule has 0 unspecified atom stereocenters. The average Bonchev–Trinajstić information content (AvgIpc) is 2.74. The van der Waals surface area contributed by atoms with E-state index in [-0.39, 0.29) is 13.2 Å². The SMILES string of the molecule is O=C(O)COc1cccc2c(CCSC[C@@H](O)COc3ccccc3)cccc12. The van der Waals surface area contributed by atoms with Gasteiger partial charge in [0.25, 0.3) is 0 Å². The summed E-state index contributed by atoms with van der Waals surface area (Å²) in [6.45, 7) is -0.0856. The first-order chi connectivity index (χ1) is 14.1. The predicted octanol–water partition coefficient (Wildman–Crippen LogP) is 4.02. The molecule has 0 aliphatic carbocycles. The highest BCUT2D eigenvalue weighted by molar-refractivity contribution is 7.99. The molecule has 0 saturated carbocycles. The van der Waals surface area contributed by atoms with Gasteiger partial charge >= 0.3 is 5.97 Å². The molecule has 0 saturated heterocycles. The fraction of sp³-hybridized carbons (Fsp3) is 0.261. The monoisotopic (exact) mass is 412 g/mol. The molecule has 0 amide bonds. The van der Waals surface area contributed by atoms with Crippen molar-refractivity contribution in [2.45, 2.75) is 12.5 Å². The molecule has 0 aromatic heterocycles. The molecule has 1 atom stereocenters. The minimum absolute atomic E-state index is 0.273. The maximum Gasteiger partial charge on any atom is 0.341 e. The van der Waals surface area contributed by atoms with Crippen LogP contribution < -0.4 is 9.47 Å². The number of thioether (sulfide) groups is 1. The number of carboxylic acid groups (broad SMARTS) is 1. The summed E-state index contributed by atoms with van der Waals surface area (Å²) in [4.78, 5) is 10.8. The number of benzene rings is 3. The summed E-state index contributed by atoms with van der Waals surface area (Å²) in [6, 6.07) is 21.1. The van der Waals surface area contributed by atoms with Crippen LogP contribution in [0.5, 0.6) is 11.5 Å². The topological polar surface area (TPSA) is 76.0 Å². The van der Waals surface area contributed by atoms with E-state index in [0.717, 1.165) is 28.7 Å². The Morgan fingerprint density at radius 2 is 1.69 bits per heavy atom. The summed E-state index contributed by atoms with van der Waals surface area (Å²) < 4.78 is 11.0. The van der Waals surface area contributed by atoms with Crippen molar-refractivity contribution < 1.29 is 24.5 Å². The number of ether oxygens (including phenoxy) is 2. The molecule has 5 nitrogen and oxygen atoms in total. The number of para-hydroxylation sites is 1. The molecule has 0 fully saturated rings. The van der Waals surface area contributed by atoms with E-state index < -0.39 is 12.1 Å². The van der Waals surface area contributed by atoms with Crippen molar-refractivity contribution >= 4 is 28.5 Å². The van der Waals surface area contributed by atoms with Gasteiger partial charge in [-0.3, -0.25) is 0 Å². The third-order valence-electron chi connectivity index (χ3n) is 4.34. The van der Waals surface area contributed by atoms with Crippen molar-refractivity contribution in [2.75, 3.05) is 24.7 Å². The van der Waals surface area contributed by atoms with Gasteiger partial charge in [-0.2, -0.15) is 11.8 Å². The first-order valence-corrected chi connectivity index (χ1v) is 10.6. The summed E-state index contributed by atoms with van der Waals surface area (Å²) in [5.41, 5.74) is 1.17. The Morgan fingerprint density at radius 3 is 2.48 bits per heavy atom. The van der Waals surface area contributed by atoms with Crippen LogP contribution in [0.25, 0.3) is 10.8 Å². The second kappa shape index (κ2) is 10.7. The molecule has 3 aromatic rings. The number of aryl methyl sites for hydroxylation is 1. The van der Waals surface area contributed by atoms with Gasteiger partial charge in [-0.15, -0.1) is 0 Å². The molecule has 6 heteroatoms. The number of aliphatic hydroxyl groups is 1. The maximum atomic E-state index is 10.8. The zero-order valence-electron chi connectivity index (χ0n) is 16.0. The molecule has 0 aliphatic heterocycles. The van der Waals surface area contributed by atoms with E-state index in [1.165, 1.54) is 5.56 Å². The predicted molar refractivity (Wildman–Crippen MR) is 116 cm³/mol. The van der Waals surface area contributed by atoms with Gasteiger partial charge in [0.2, 0.25) is 0 Å². The van der Waals surface area contributed by atoms with Crippen LogP contribution in [-0.2, 0) is 11.2 Å². The number of fused-ring (bicyclic) bond motifs is 1. The number of aliphatic carboxylic acids is 1. The number of rotatable bonds is 11. The van der Waals surface area contributed by atoms with Crippen LogP contribution in [0.4, 0.5) is 0 Å². The van der Waals surface area contributed by atoms with Gasteiger partial charge in [-0.05, 0) is 41.3 Å². The molecule has 152 valence electrons. The van der Waals surface area contributed by atoms with Gasteiger partial charge in [0, 0.05) is 11.1 Å². The lowest BCUT2D eigenvalue weighted by atomic mass is 10.0. The number of carbonyl (C=O) groups is 1. The molecule has 2 N–H and O–H groups in total. The van der Waals surface area contributed by atoms with Crippen LogP contribution in [0.15, 0.2) is 66.7 Å². The van der Waals surface area contributed by atoms with E-state index in [2.05, 4.69) is 6.07 Å². The first-order valence-electron chi connectivity index (χ1n) is 9.42. The highest BCUT2D eigenvalue weighted by Gasteiger charge is 2.09. The summed E-state index contributed by atoms with van der Waals surface area (Å²) in [7, 11) is 0. The second-order valence-corrected chi connectivity index (χ2v) is 7.70. The van der Waals surface area contributed by atoms with Gasteiger partial charge < -0.3 is 19.7 Å². The van der Waals surface area contributed by atoms with Gasteiger partial charge in [0.15, 0.2) is 6.61 Å². The molecular weight excluding hydrogens is 388 g/mol. The summed E-state index contributed by atoms with van der Waals surface area (Å²) in [5, 5.41) is 20.9. The van der Waals surface area contributed by atoms with Crippen molar-refractivity contribution in [1.29, 1.82) is 0 Å². The van der Waals surface area contributed by atoms with Crippen molar-refractivity contribution in [3.8, 4) is 11.5 Å². The quantitative estimate of drug-likeness (QED) is 0.463. The Hall–Kier alpha value is -2.70. The number of aliphatic hydroxyl groups excluding tert-OH is 1. The molecule has 0 heterocycles. The van der Waals surface area contributed by atoms with Crippen LogP contribution in [0.2, 0.25) is 0 Å². The van der Waals surface area contributed by atoms with Crippen molar-refractivity contribution in [1.82, 2.24) is 0 Å². The average molecular weight is 413 g/mol. The molecule has 0 spiro atoms. The molecular formula is C23H24O5S.